The van der Waals surface area contributed by atoms with E-state index in [0.29, 0.717) is 0 Å². The fourth-order valence-corrected chi connectivity index (χ4v) is 1.68. The van der Waals surface area contributed by atoms with Gasteiger partial charge in [-0.25, -0.2) is 0 Å². The number of allylic oxidation sites excluding steroid dienone is 4. The van der Waals surface area contributed by atoms with Crippen molar-refractivity contribution in [2.24, 2.45) is 0 Å². The normalized spacial score (nSPS) is 22.5. The molecule has 0 atom stereocenters. The molecule has 0 saturated heterocycles. The molecule has 2 rings (SSSR count). The number of hydrogen-bond acceptors (Lipinski definition) is 1. The van der Waals surface area contributed by atoms with Gasteiger partial charge in [-0.3, -0.25) is 0 Å². The maximum atomic E-state index is 2.36. The third kappa shape index (κ3) is 1.11. The van der Waals surface area contributed by atoms with Crippen molar-refractivity contribution >= 4 is 0 Å². The molecule has 1 nitrogen and oxygen atoms in total. The van der Waals surface area contributed by atoms with Gasteiger partial charge in [0.15, 0.2) is 0 Å². The molecule has 0 aromatic rings. The van der Waals surface area contributed by atoms with E-state index in [2.05, 4.69) is 36.3 Å². The molecule has 0 aromatic heterocycles. The highest BCUT2D eigenvalue weighted by Crippen LogP contribution is 2.25. The zero-order chi connectivity index (χ0) is 7.68. The molecule has 0 aromatic carbocycles. The Morgan fingerprint density at radius 1 is 1.45 bits per heavy atom. The summed E-state index contributed by atoms with van der Waals surface area (Å²) >= 11 is 0. The molecule has 1 heterocycles. The van der Waals surface area contributed by atoms with E-state index in [1.807, 2.05) is 0 Å². The monoisotopic (exact) mass is 147 g/mol. The van der Waals surface area contributed by atoms with Crippen molar-refractivity contribution in [2.75, 3.05) is 13.6 Å². The van der Waals surface area contributed by atoms with Crippen molar-refractivity contribution < 1.29 is 0 Å². The Bertz CT molecular complexity index is 246. The second-order valence-electron chi connectivity index (χ2n) is 3.12. The zero-order valence-corrected chi connectivity index (χ0v) is 6.88. The summed E-state index contributed by atoms with van der Waals surface area (Å²) in [6, 6.07) is 0. The lowest BCUT2D eigenvalue weighted by molar-refractivity contribution is 0.416. The van der Waals surface area contributed by atoms with Crippen molar-refractivity contribution in [3.63, 3.8) is 0 Å². The van der Waals surface area contributed by atoms with Gasteiger partial charge in [0.2, 0.25) is 0 Å². The lowest BCUT2D eigenvalue weighted by atomic mass is 9.99. The molecule has 2 aliphatic rings. The van der Waals surface area contributed by atoms with Gasteiger partial charge in [-0.05, 0) is 24.5 Å². The van der Waals surface area contributed by atoms with E-state index in [-0.39, 0.29) is 0 Å². The Labute approximate surface area is 67.7 Å². The maximum Gasteiger partial charge on any atom is 0.0396 e. The largest absolute Gasteiger partial charge is 0.374 e. The predicted molar refractivity (Wildman–Crippen MR) is 47.2 cm³/mol. The molecule has 1 aliphatic heterocycles. The Morgan fingerprint density at radius 3 is 3.18 bits per heavy atom. The standard InChI is InChI=1S/C10H13N/c1-11-8-4-6-9-5-2-3-7-10(9)11/h2-3,6-7H,4-5,8H2,1H3. The van der Waals surface area contributed by atoms with Gasteiger partial charge in [0.1, 0.15) is 0 Å². The highest BCUT2D eigenvalue weighted by atomic mass is 15.1. The van der Waals surface area contributed by atoms with Crippen LogP contribution in [0.4, 0.5) is 0 Å². The first kappa shape index (κ1) is 6.71. The summed E-state index contributed by atoms with van der Waals surface area (Å²) in [4.78, 5) is 2.33. The number of nitrogens with zero attached hydrogens (tertiary/aromatic N) is 1. The third-order valence-corrected chi connectivity index (χ3v) is 2.32. The van der Waals surface area contributed by atoms with Crippen LogP contribution in [0.2, 0.25) is 0 Å². The van der Waals surface area contributed by atoms with Gasteiger partial charge in [-0.2, -0.15) is 0 Å². The maximum absolute atomic E-state index is 2.36. The van der Waals surface area contributed by atoms with Crippen LogP contribution in [-0.2, 0) is 0 Å². The van der Waals surface area contributed by atoms with Crippen LogP contribution in [0.3, 0.4) is 0 Å². The summed E-state index contributed by atoms with van der Waals surface area (Å²) < 4.78 is 0. The third-order valence-electron chi connectivity index (χ3n) is 2.32. The fraction of sp³-hybridized carbons (Fsp3) is 0.400. The van der Waals surface area contributed by atoms with Gasteiger partial charge < -0.3 is 4.90 Å². The topological polar surface area (TPSA) is 3.24 Å². The fourth-order valence-electron chi connectivity index (χ4n) is 1.68. The van der Waals surface area contributed by atoms with Gasteiger partial charge in [0.05, 0.1) is 0 Å². The first-order chi connectivity index (χ1) is 5.38. The van der Waals surface area contributed by atoms with Crippen LogP contribution in [0.25, 0.3) is 0 Å². The summed E-state index contributed by atoms with van der Waals surface area (Å²) in [5, 5.41) is 0. The summed E-state index contributed by atoms with van der Waals surface area (Å²) in [7, 11) is 2.16. The second-order valence-corrected chi connectivity index (χ2v) is 3.12. The van der Waals surface area contributed by atoms with Gasteiger partial charge >= 0.3 is 0 Å². The summed E-state index contributed by atoms with van der Waals surface area (Å²) in [5.74, 6) is 0. The number of hydrogen-bond donors (Lipinski definition) is 0. The van der Waals surface area contributed by atoms with Gasteiger partial charge in [0.25, 0.3) is 0 Å². The first-order valence-electron chi connectivity index (χ1n) is 4.15. The van der Waals surface area contributed by atoms with E-state index >= 15 is 0 Å². The van der Waals surface area contributed by atoms with E-state index in [1.54, 1.807) is 0 Å². The predicted octanol–water partition coefficient (Wildman–Crippen LogP) is 2.09. The Hall–Kier alpha value is -0.980. The summed E-state index contributed by atoms with van der Waals surface area (Å²) in [5.41, 5.74) is 2.92. The molecule has 58 valence electrons. The van der Waals surface area contributed by atoms with E-state index in [1.165, 1.54) is 24.2 Å². The Morgan fingerprint density at radius 2 is 2.36 bits per heavy atom. The minimum atomic E-state index is 1.12. The number of fused-ring (bicyclic) bond motifs is 1. The first-order valence-corrected chi connectivity index (χ1v) is 4.15. The van der Waals surface area contributed by atoms with Gasteiger partial charge in [-0.15, -0.1) is 0 Å². The molecule has 0 fully saturated rings. The molecule has 0 radical (unpaired) electrons. The highest BCUT2D eigenvalue weighted by molar-refractivity contribution is 5.39. The van der Waals surface area contributed by atoms with Crippen molar-refractivity contribution in [2.45, 2.75) is 12.8 Å². The number of likely N-dealkylation sites (N-methyl/N-ethyl adjacent to an activating group) is 1. The lowest BCUT2D eigenvalue weighted by Crippen LogP contribution is -2.24. The molecule has 0 amide bonds. The molecule has 0 bridgehead atoms. The molecule has 11 heavy (non-hydrogen) atoms. The molecule has 1 heteroatoms. The van der Waals surface area contributed by atoms with Crippen LogP contribution < -0.4 is 0 Å². The van der Waals surface area contributed by atoms with Crippen molar-refractivity contribution in [3.8, 4) is 0 Å². The molecule has 0 unspecified atom stereocenters. The van der Waals surface area contributed by atoms with Crippen molar-refractivity contribution in [3.05, 3.63) is 35.6 Å². The second kappa shape index (κ2) is 2.57. The molecule has 0 N–H and O–H groups in total. The summed E-state index contributed by atoms with van der Waals surface area (Å²) in [6.45, 7) is 1.17. The zero-order valence-electron chi connectivity index (χ0n) is 6.88. The van der Waals surface area contributed by atoms with Crippen LogP contribution in [0.1, 0.15) is 12.8 Å². The molecular formula is C10H13N. The van der Waals surface area contributed by atoms with Gasteiger partial charge in [-0.1, -0.05) is 18.2 Å². The van der Waals surface area contributed by atoms with Crippen molar-refractivity contribution in [1.82, 2.24) is 4.90 Å². The SMILES string of the molecule is CN1CCC=C2CC=CC=C21. The summed E-state index contributed by atoms with van der Waals surface area (Å²) in [6.07, 6.45) is 11.2. The van der Waals surface area contributed by atoms with E-state index in [0.717, 1.165) is 6.42 Å². The Kier molecular flexibility index (Phi) is 1.57. The molecule has 1 aliphatic carbocycles. The van der Waals surface area contributed by atoms with Crippen LogP contribution in [0, 0.1) is 0 Å². The average molecular weight is 147 g/mol. The highest BCUT2D eigenvalue weighted by Gasteiger charge is 2.14. The van der Waals surface area contributed by atoms with Crippen LogP contribution >= 0.6 is 0 Å². The van der Waals surface area contributed by atoms with Crippen LogP contribution in [-0.4, -0.2) is 18.5 Å². The lowest BCUT2D eigenvalue weighted by Gasteiger charge is -2.29. The minimum absolute atomic E-state index is 1.12. The van der Waals surface area contributed by atoms with Crippen LogP contribution in [0.5, 0.6) is 0 Å². The smallest absolute Gasteiger partial charge is 0.0396 e. The minimum Gasteiger partial charge on any atom is -0.374 e. The van der Waals surface area contributed by atoms with Gasteiger partial charge in [0, 0.05) is 19.3 Å². The van der Waals surface area contributed by atoms with E-state index in [9.17, 15) is 0 Å². The van der Waals surface area contributed by atoms with E-state index < -0.39 is 0 Å². The average Bonchev–Trinajstić information content (AvgIpc) is 2.06. The van der Waals surface area contributed by atoms with E-state index in [4.69, 9.17) is 0 Å². The molecule has 0 saturated carbocycles. The Balaban J connectivity index is 2.35. The quantitative estimate of drug-likeness (QED) is 0.507. The number of rotatable bonds is 0. The molecule has 0 spiro atoms. The van der Waals surface area contributed by atoms with Crippen LogP contribution in [0.15, 0.2) is 35.6 Å². The molecular weight excluding hydrogens is 134 g/mol. The van der Waals surface area contributed by atoms with Crippen molar-refractivity contribution in [1.29, 1.82) is 0 Å².